The fourth-order valence-corrected chi connectivity index (χ4v) is 2.58. The molecule has 0 saturated carbocycles. The Balaban J connectivity index is 2.11. The van der Waals surface area contributed by atoms with Crippen molar-refractivity contribution in [2.75, 3.05) is 17.7 Å². The average molecular weight is 265 g/mol. The van der Waals surface area contributed by atoms with Crippen LogP contribution in [-0.4, -0.2) is 23.0 Å². The predicted octanol–water partition coefficient (Wildman–Crippen LogP) is 3.29. The Kier molecular flexibility index (Phi) is 4.39. The highest BCUT2D eigenvalue weighted by Crippen LogP contribution is 2.18. The molecule has 0 amide bonds. The van der Waals surface area contributed by atoms with Crippen LogP contribution in [0.3, 0.4) is 0 Å². The van der Waals surface area contributed by atoms with E-state index in [1.807, 2.05) is 18.4 Å². The Hall–Kier alpha value is -1.07. The highest BCUT2D eigenvalue weighted by molar-refractivity contribution is 7.98. The van der Waals surface area contributed by atoms with Crippen molar-refractivity contribution in [3.63, 3.8) is 0 Å². The van der Waals surface area contributed by atoms with Crippen LogP contribution in [0.1, 0.15) is 11.8 Å². The summed E-state index contributed by atoms with van der Waals surface area (Å²) >= 11 is 3.39. The molecule has 0 radical (unpaired) electrons. The van der Waals surface area contributed by atoms with Gasteiger partial charge in [-0.25, -0.2) is 0 Å². The summed E-state index contributed by atoms with van der Waals surface area (Å²) in [5.41, 5.74) is 0. The van der Waals surface area contributed by atoms with E-state index >= 15 is 0 Å². The molecule has 0 aliphatic rings. The number of thiophene rings is 1. The fraction of sp³-hybridized carbons (Fsp3) is 0.333. The average Bonchev–Trinajstić information content (AvgIpc) is 2.89. The molecule has 0 atom stereocenters. The molecule has 0 spiro atoms. The summed E-state index contributed by atoms with van der Waals surface area (Å²) in [7, 11) is 0. The van der Waals surface area contributed by atoms with Crippen LogP contribution in [0, 0.1) is 0 Å². The summed E-state index contributed by atoms with van der Waals surface area (Å²) < 4.78 is 0. The summed E-state index contributed by atoms with van der Waals surface area (Å²) in [6.07, 6.45) is 2.01. The Morgan fingerprint density at radius 1 is 1.29 bits per heavy atom. The number of anilines is 1. The standard InChI is InChI=1S/C12H15N3S2/c1-3-15(9-10-5-4-8-17-10)11-6-7-12(16-2)14-13-11/h4-8H,3,9H2,1-2H3. The van der Waals surface area contributed by atoms with Gasteiger partial charge in [-0.05, 0) is 36.8 Å². The zero-order valence-corrected chi connectivity index (χ0v) is 11.6. The van der Waals surface area contributed by atoms with Gasteiger partial charge >= 0.3 is 0 Å². The minimum Gasteiger partial charge on any atom is -0.350 e. The zero-order valence-electron chi connectivity index (χ0n) is 9.96. The van der Waals surface area contributed by atoms with Crippen LogP contribution >= 0.6 is 23.1 Å². The summed E-state index contributed by atoms with van der Waals surface area (Å²) in [6.45, 7) is 3.98. The number of aromatic nitrogens is 2. The first-order chi connectivity index (χ1) is 8.33. The van der Waals surface area contributed by atoms with Gasteiger partial charge in [0.15, 0.2) is 5.82 Å². The second kappa shape index (κ2) is 6.02. The van der Waals surface area contributed by atoms with Crippen molar-refractivity contribution in [1.82, 2.24) is 10.2 Å². The molecule has 0 aliphatic carbocycles. The van der Waals surface area contributed by atoms with Gasteiger partial charge in [-0.3, -0.25) is 0 Å². The van der Waals surface area contributed by atoms with Crippen molar-refractivity contribution in [2.24, 2.45) is 0 Å². The molecular weight excluding hydrogens is 250 g/mol. The van der Waals surface area contributed by atoms with E-state index in [2.05, 4.69) is 39.5 Å². The molecule has 17 heavy (non-hydrogen) atoms. The predicted molar refractivity (Wildman–Crippen MR) is 74.9 cm³/mol. The summed E-state index contributed by atoms with van der Waals surface area (Å²) in [4.78, 5) is 3.57. The molecule has 0 bridgehead atoms. The lowest BCUT2D eigenvalue weighted by atomic mass is 10.4. The van der Waals surface area contributed by atoms with Gasteiger partial charge in [0.2, 0.25) is 0 Å². The molecular formula is C12H15N3S2. The quantitative estimate of drug-likeness (QED) is 0.776. The third-order valence-corrected chi connectivity index (χ3v) is 3.96. The maximum Gasteiger partial charge on any atom is 0.151 e. The minimum absolute atomic E-state index is 0.904. The van der Waals surface area contributed by atoms with Crippen LogP contribution < -0.4 is 4.90 Å². The van der Waals surface area contributed by atoms with E-state index in [1.165, 1.54) is 4.88 Å². The monoisotopic (exact) mass is 265 g/mol. The molecule has 0 aliphatic heterocycles. The molecule has 2 aromatic rings. The van der Waals surface area contributed by atoms with Gasteiger partial charge in [0.25, 0.3) is 0 Å². The number of thioether (sulfide) groups is 1. The van der Waals surface area contributed by atoms with Gasteiger partial charge in [-0.1, -0.05) is 6.07 Å². The first kappa shape index (κ1) is 12.4. The second-order valence-corrected chi connectivity index (χ2v) is 5.39. The lowest BCUT2D eigenvalue weighted by molar-refractivity contribution is 0.790. The smallest absolute Gasteiger partial charge is 0.151 e. The van der Waals surface area contributed by atoms with E-state index in [1.54, 1.807) is 23.1 Å². The van der Waals surface area contributed by atoms with Crippen LogP contribution in [0.25, 0.3) is 0 Å². The Morgan fingerprint density at radius 2 is 2.18 bits per heavy atom. The van der Waals surface area contributed by atoms with Crippen molar-refractivity contribution >= 4 is 28.9 Å². The van der Waals surface area contributed by atoms with E-state index in [0.29, 0.717) is 0 Å². The lowest BCUT2D eigenvalue weighted by Gasteiger charge is -2.20. The van der Waals surface area contributed by atoms with Gasteiger partial charge in [0.1, 0.15) is 5.03 Å². The topological polar surface area (TPSA) is 29.0 Å². The number of hydrogen-bond donors (Lipinski definition) is 0. The summed E-state index contributed by atoms with van der Waals surface area (Å²) in [6, 6.07) is 8.29. The van der Waals surface area contributed by atoms with Gasteiger partial charge in [0, 0.05) is 11.4 Å². The van der Waals surface area contributed by atoms with E-state index in [-0.39, 0.29) is 0 Å². The second-order valence-electron chi connectivity index (χ2n) is 3.53. The molecule has 90 valence electrons. The van der Waals surface area contributed by atoms with Gasteiger partial charge < -0.3 is 4.90 Å². The molecule has 2 heterocycles. The van der Waals surface area contributed by atoms with Crippen molar-refractivity contribution < 1.29 is 0 Å². The van der Waals surface area contributed by atoms with Gasteiger partial charge in [0.05, 0.1) is 6.54 Å². The highest BCUT2D eigenvalue weighted by atomic mass is 32.2. The summed E-state index contributed by atoms with van der Waals surface area (Å²) in [5.74, 6) is 0.943. The van der Waals surface area contributed by atoms with E-state index < -0.39 is 0 Å². The number of hydrogen-bond acceptors (Lipinski definition) is 5. The van der Waals surface area contributed by atoms with Crippen LogP contribution in [0.5, 0.6) is 0 Å². The van der Waals surface area contributed by atoms with Crippen LogP contribution in [0.2, 0.25) is 0 Å². The largest absolute Gasteiger partial charge is 0.350 e. The molecule has 2 rings (SSSR count). The number of nitrogens with zero attached hydrogens (tertiary/aromatic N) is 3. The van der Waals surface area contributed by atoms with E-state index in [9.17, 15) is 0 Å². The molecule has 0 fully saturated rings. The van der Waals surface area contributed by atoms with Gasteiger partial charge in [-0.15, -0.1) is 33.3 Å². The number of rotatable bonds is 5. The van der Waals surface area contributed by atoms with Crippen LogP contribution in [0.15, 0.2) is 34.7 Å². The molecule has 0 saturated heterocycles. The normalized spacial score (nSPS) is 10.5. The molecule has 0 aromatic carbocycles. The zero-order chi connectivity index (χ0) is 12.1. The van der Waals surface area contributed by atoms with Gasteiger partial charge in [-0.2, -0.15) is 0 Å². The Labute approximate surface area is 110 Å². The first-order valence-electron chi connectivity index (χ1n) is 5.48. The van der Waals surface area contributed by atoms with E-state index in [0.717, 1.165) is 23.9 Å². The molecule has 0 N–H and O–H groups in total. The third-order valence-electron chi connectivity index (χ3n) is 2.47. The first-order valence-corrected chi connectivity index (χ1v) is 7.59. The maximum atomic E-state index is 4.26. The van der Waals surface area contributed by atoms with Crippen LogP contribution in [-0.2, 0) is 6.54 Å². The minimum atomic E-state index is 0.904. The fourth-order valence-electron chi connectivity index (χ4n) is 1.54. The Bertz CT molecular complexity index is 439. The summed E-state index contributed by atoms with van der Waals surface area (Å²) in [5, 5.41) is 11.5. The van der Waals surface area contributed by atoms with Crippen molar-refractivity contribution in [3.05, 3.63) is 34.5 Å². The van der Waals surface area contributed by atoms with Crippen LogP contribution in [0.4, 0.5) is 5.82 Å². The van der Waals surface area contributed by atoms with Crippen molar-refractivity contribution in [3.8, 4) is 0 Å². The molecule has 3 nitrogen and oxygen atoms in total. The third kappa shape index (κ3) is 3.20. The molecule has 5 heteroatoms. The lowest BCUT2D eigenvalue weighted by Crippen LogP contribution is -2.22. The molecule has 0 unspecified atom stereocenters. The maximum absolute atomic E-state index is 4.26. The van der Waals surface area contributed by atoms with Crippen molar-refractivity contribution in [1.29, 1.82) is 0 Å². The highest BCUT2D eigenvalue weighted by Gasteiger charge is 2.07. The van der Waals surface area contributed by atoms with E-state index in [4.69, 9.17) is 0 Å². The van der Waals surface area contributed by atoms with Crippen molar-refractivity contribution in [2.45, 2.75) is 18.5 Å². The molecule has 2 aromatic heterocycles. The Morgan fingerprint density at radius 3 is 2.71 bits per heavy atom. The SMILES string of the molecule is CCN(Cc1cccs1)c1ccc(SC)nn1.